The predicted molar refractivity (Wildman–Crippen MR) is 110 cm³/mol. The van der Waals surface area contributed by atoms with E-state index in [1.807, 2.05) is 29.2 Å². The quantitative estimate of drug-likeness (QED) is 0.664. The van der Waals surface area contributed by atoms with Crippen LogP contribution < -0.4 is 4.74 Å². The molecule has 5 rings (SSSR count). The van der Waals surface area contributed by atoms with Crippen LogP contribution in [0.2, 0.25) is 0 Å². The highest BCUT2D eigenvalue weighted by atomic mass is 16.5. The average Bonchev–Trinajstić information content (AvgIpc) is 3.44. The lowest BCUT2D eigenvalue weighted by atomic mass is 9.84. The van der Waals surface area contributed by atoms with Crippen molar-refractivity contribution in [1.29, 1.82) is 0 Å². The minimum Gasteiger partial charge on any atom is -0.497 e. The second-order valence-electron chi connectivity index (χ2n) is 8.17. The summed E-state index contributed by atoms with van der Waals surface area (Å²) in [5.74, 6) is 3.03. The molecule has 1 saturated heterocycles. The molecule has 2 aromatic heterocycles. The minimum atomic E-state index is -0.138. The van der Waals surface area contributed by atoms with Gasteiger partial charge in [0, 0.05) is 25.2 Å². The van der Waals surface area contributed by atoms with Crippen LogP contribution in [0.1, 0.15) is 29.2 Å². The lowest BCUT2D eigenvalue weighted by Crippen LogP contribution is -2.56. The van der Waals surface area contributed by atoms with E-state index in [0.29, 0.717) is 18.8 Å². The molecule has 0 radical (unpaired) electrons. The van der Waals surface area contributed by atoms with E-state index in [1.54, 1.807) is 25.5 Å². The first-order valence-electron chi connectivity index (χ1n) is 10.2. The Balaban J connectivity index is 1.46. The SMILES string of the molecule is COc1ccc(-c2nnc3n2C2(CCN(C(=O)c4ccco4)CC2)CN(C)C3)cc1. The Labute approximate surface area is 175 Å². The van der Waals surface area contributed by atoms with Gasteiger partial charge in [0.15, 0.2) is 11.6 Å². The molecule has 0 aliphatic carbocycles. The van der Waals surface area contributed by atoms with E-state index in [4.69, 9.17) is 9.15 Å². The number of carbonyl (C=O) groups is 1. The maximum absolute atomic E-state index is 12.7. The van der Waals surface area contributed by atoms with Crippen molar-refractivity contribution >= 4 is 5.91 Å². The summed E-state index contributed by atoms with van der Waals surface area (Å²) in [4.78, 5) is 16.9. The van der Waals surface area contributed by atoms with E-state index in [0.717, 1.165) is 48.9 Å². The van der Waals surface area contributed by atoms with E-state index in [9.17, 15) is 4.79 Å². The molecule has 3 aromatic rings. The standard InChI is InChI=1S/C22H25N5O3/c1-25-14-19-23-24-20(16-5-7-17(29-2)8-6-16)27(19)22(15-25)9-11-26(12-10-22)21(28)18-4-3-13-30-18/h3-8,13H,9-12,14-15H2,1-2H3. The molecule has 0 N–H and O–H groups in total. The Morgan fingerprint density at radius 1 is 1.13 bits per heavy atom. The molecule has 30 heavy (non-hydrogen) atoms. The van der Waals surface area contributed by atoms with Gasteiger partial charge in [0.1, 0.15) is 11.6 Å². The van der Waals surface area contributed by atoms with Crippen molar-refractivity contribution < 1.29 is 13.9 Å². The second-order valence-corrected chi connectivity index (χ2v) is 8.17. The predicted octanol–water partition coefficient (Wildman–Crippen LogP) is 2.62. The largest absolute Gasteiger partial charge is 0.497 e. The molecular weight excluding hydrogens is 382 g/mol. The zero-order chi connectivity index (χ0) is 20.7. The van der Waals surface area contributed by atoms with Gasteiger partial charge in [-0.1, -0.05) is 0 Å². The van der Waals surface area contributed by atoms with Crippen molar-refractivity contribution in [1.82, 2.24) is 24.6 Å². The van der Waals surface area contributed by atoms with E-state index in [2.05, 4.69) is 26.7 Å². The number of aromatic nitrogens is 3. The number of carbonyl (C=O) groups excluding carboxylic acids is 1. The number of hydrogen-bond acceptors (Lipinski definition) is 6. The summed E-state index contributed by atoms with van der Waals surface area (Å²) in [7, 11) is 3.78. The van der Waals surface area contributed by atoms with Gasteiger partial charge < -0.3 is 18.6 Å². The molecular formula is C22H25N5O3. The summed E-state index contributed by atoms with van der Waals surface area (Å²) < 4.78 is 12.9. The van der Waals surface area contributed by atoms with Gasteiger partial charge in [-0.05, 0) is 56.3 Å². The average molecular weight is 407 g/mol. The van der Waals surface area contributed by atoms with Gasteiger partial charge in [-0.25, -0.2) is 0 Å². The number of piperidine rings is 1. The van der Waals surface area contributed by atoms with Gasteiger partial charge in [-0.15, -0.1) is 10.2 Å². The molecule has 2 aliphatic heterocycles. The van der Waals surface area contributed by atoms with Crippen LogP contribution in [0.25, 0.3) is 11.4 Å². The third-order valence-electron chi connectivity index (χ3n) is 6.24. The van der Waals surface area contributed by atoms with E-state index in [1.165, 1.54) is 0 Å². The Morgan fingerprint density at radius 2 is 1.90 bits per heavy atom. The van der Waals surface area contributed by atoms with Crippen LogP contribution in [0.4, 0.5) is 0 Å². The van der Waals surface area contributed by atoms with Gasteiger partial charge in [0.25, 0.3) is 5.91 Å². The number of likely N-dealkylation sites (tertiary alicyclic amines) is 1. The van der Waals surface area contributed by atoms with E-state index < -0.39 is 0 Å². The highest BCUT2D eigenvalue weighted by molar-refractivity contribution is 5.91. The third kappa shape index (κ3) is 3.08. The molecule has 1 spiro atoms. The number of methoxy groups -OCH3 is 1. The Hall–Kier alpha value is -3.13. The van der Waals surface area contributed by atoms with Crippen molar-refractivity contribution in [3.63, 3.8) is 0 Å². The summed E-state index contributed by atoms with van der Waals surface area (Å²) in [5.41, 5.74) is 0.883. The summed E-state index contributed by atoms with van der Waals surface area (Å²) >= 11 is 0. The Bertz CT molecular complexity index is 1030. The molecule has 1 amide bonds. The molecule has 0 saturated carbocycles. The minimum absolute atomic E-state index is 0.0432. The third-order valence-corrected chi connectivity index (χ3v) is 6.24. The number of likely N-dealkylation sites (N-methyl/N-ethyl adjacent to an activating group) is 1. The molecule has 0 bridgehead atoms. The fourth-order valence-corrected chi connectivity index (χ4v) is 4.78. The van der Waals surface area contributed by atoms with Crippen LogP contribution in [-0.4, -0.2) is 64.3 Å². The lowest BCUT2D eigenvalue weighted by Gasteiger charge is -2.48. The number of fused-ring (bicyclic) bond motifs is 2. The summed E-state index contributed by atoms with van der Waals surface area (Å²) in [6, 6.07) is 11.4. The molecule has 1 aromatic carbocycles. The Morgan fingerprint density at radius 3 is 2.57 bits per heavy atom. The molecule has 156 valence electrons. The van der Waals surface area contributed by atoms with Crippen LogP contribution in [0.3, 0.4) is 0 Å². The normalized spacial score (nSPS) is 18.4. The van der Waals surface area contributed by atoms with Gasteiger partial charge >= 0.3 is 0 Å². The number of rotatable bonds is 3. The lowest BCUT2D eigenvalue weighted by molar-refractivity contribution is 0.0389. The fraction of sp³-hybridized carbons (Fsp3) is 0.409. The van der Waals surface area contributed by atoms with Crippen molar-refractivity contribution in [3.05, 3.63) is 54.2 Å². The number of hydrogen-bond donors (Lipinski definition) is 0. The molecule has 0 atom stereocenters. The van der Waals surface area contributed by atoms with E-state index in [-0.39, 0.29) is 11.4 Å². The summed E-state index contributed by atoms with van der Waals surface area (Å²) in [6.07, 6.45) is 3.23. The van der Waals surface area contributed by atoms with Crippen molar-refractivity contribution in [2.45, 2.75) is 24.9 Å². The van der Waals surface area contributed by atoms with Crippen LogP contribution in [0, 0.1) is 0 Å². The zero-order valence-corrected chi connectivity index (χ0v) is 17.2. The summed E-state index contributed by atoms with van der Waals surface area (Å²) in [6.45, 7) is 3.02. The molecule has 0 unspecified atom stereocenters. The van der Waals surface area contributed by atoms with Gasteiger partial charge in [0.05, 0.1) is 25.5 Å². The van der Waals surface area contributed by atoms with Crippen LogP contribution in [-0.2, 0) is 12.1 Å². The maximum atomic E-state index is 12.7. The number of benzene rings is 1. The first-order chi connectivity index (χ1) is 14.6. The zero-order valence-electron chi connectivity index (χ0n) is 17.2. The number of amides is 1. The molecule has 4 heterocycles. The first-order valence-corrected chi connectivity index (χ1v) is 10.2. The smallest absolute Gasteiger partial charge is 0.289 e. The van der Waals surface area contributed by atoms with E-state index >= 15 is 0 Å². The number of furan rings is 1. The first kappa shape index (κ1) is 18.9. The monoisotopic (exact) mass is 407 g/mol. The van der Waals surface area contributed by atoms with Gasteiger partial charge in [-0.3, -0.25) is 9.69 Å². The Kier molecular flexibility index (Phi) is 4.58. The van der Waals surface area contributed by atoms with Crippen LogP contribution >= 0.6 is 0 Å². The number of ether oxygens (including phenoxy) is 1. The topological polar surface area (TPSA) is 76.6 Å². The van der Waals surface area contributed by atoms with Crippen molar-refractivity contribution in [3.8, 4) is 17.1 Å². The van der Waals surface area contributed by atoms with Gasteiger partial charge in [0.2, 0.25) is 0 Å². The molecule has 8 heteroatoms. The maximum Gasteiger partial charge on any atom is 0.289 e. The molecule has 2 aliphatic rings. The van der Waals surface area contributed by atoms with Crippen molar-refractivity contribution in [2.75, 3.05) is 33.8 Å². The molecule has 1 fully saturated rings. The summed E-state index contributed by atoms with van der Waals surface area (Å²) in [5, 5.41) is 9.07. The van der Waals surface area contributed by atoms with Crippen molar-refractivity contribution in [2.24, 2.45) is 0 Å². The highest BCUT2D eigenvalue weighted by Gasteiger charge is 2.44. The second kappa shape index (κ2) is 7.28. The fourth-order valence-electron chi connectivity index (χ4n) is 4.78. The van der Waals surface area contributed by atoms with Crippen LogP contribution in [0.5, 0.6) is 5.75 Å². The van der Waals surface area contributed by atoms with Crippen LogP contribution in [0.15, 0.2) is 47.1 Å². The molecule has 8 nitrogen and oxygen atoms in total. The number of nitrogens with zero attached hydrogens (tertiary/aromatic N) is 5. The van der Waals surface area contributed by atoms with Gasteiger partial charge in [-0.2, -0.15) is 0 Å². The highest BCUT2D eigenvalue weighted by Crippen LogP contribution is 2.39.